The number of hydrogen-bond donors (Lipinski definition) is 1. The van der Waals surface area contributed by atoms with Crippen LogP contribution >= 0.6 is 0 Å². The van der Waals surface area contributed by atoms with Gasteiger partial charge in [-0.2, -0.15) is 0 Å². The van der Waals surface area contributed by atoms with Crippen LogP contribution in [0.3, 0.4) is 0 Å². The number of rotatable bonds is 0. The molecule has 1 N–H and O–H groups in total. The fourth-order valence-electron chi connectivity index (χ4n) is 3.97. The third-order valence-electron chi connectivity index (χ3n) is 4.99. The van der Waals surface area contributed by atoms with Crippen LogP contribution in [-0.4, -0.2) is 13.6 Å². The van der Waals surface area contributed by atoms with E-state index in [4.69, 9.17) is 0 Å². The molecule has 2 aliphatic heterocycles. The van der Waals surface area contributed by atoms with Crippen LogP contribution in [0.15, 0.2) is 48.5 Å². The average molecular weight is 264 g/mol. The molecule has 0 saturated carbocycles. The van der Waals surface area contributed by atoms with E-state index in [9.17, 15) is 0 Å². The molecule has 4 rings (SSSR count). The van der Waals surface area contributed by atoms with Crippen molar-refractivity contribution in [1.29, 1.82) is 0 Å². The molecule has 2 heteroatoms. The van der Waals surface area contributed by atoms with Crippen LogP contribution in [0.2, 0.25) is 0 Å². The van der Waals surface area contributed by atoms with Crippen LogP contribution < -0.4 is 10.2 Å². The maximum atomic E-state index is 3.60. The molecule has 20 heavy (non-hydrogen) atoms. The predicted molar refractivity (Wildman–Crippen MR) is 84.4 cm³/mol. The van der Waals surface area contributed by atoms with Gasteiger partial charge in [0.1, 0.15) is 0 Å². The van der Waals surface area contributed by atoms with Crippen LogP contribution in [0.5, 0.6) is 0 Å². The van der Waals surface area contributed by atoms with Gasteiger partial charge in [-0.25, -0.2) is 0 Å². The normalized spacial score (nSPS) is 23.9. The Morgan fingerprint density at radius 3 is 2.75 bits per heavy atom. The van der Waals surface area contributed by atoms with E-state index in [2.05, 4.69) is 65.8 Å². The fraction of sp³-hybridized carbons (Fsp3) is 0.333. The molecular weight excluding hydrogens is 244 g/mol. The Labute approximate surface area is 120 Å². The second-order valence-electron chi connectivity index (χ2n) is 5.97. The Morgan fingerprint density at radius 2 is 1.85 bits per heavy atom. The summed E-state index contributed by atoms with van der Waals surface area (Å²) in [6.07, 6.45) is 3.55. The van der Waals surface area contributed by atoms with Gasteiger partial charge in [-0.05, 0) is 30.5 Å². The third kappa shape index (κ3) is 1.51. The standard InChI is InChI=1S/C18H20N2/c1-20-17-10-5-2-7-14(17)13-18(20)11-6-12-19-16-9-4-3-8-15(16)18/h2-5,7-10,19H,6,11-13H2,1H3. The Kier molecular flexibility index (Phi) is 2.53. The first-order chi connectivity index (χ1) is 9.81. The number of para-hydroxylation sites is 2. The zero-order valence-electron chi connectivity index (χ0n) is 11.9. The van der Waals surface area contributed by atoms with Crippen LogP contribution in [-0.2, 0) is 12.0 Å². The Morgan fingerprint density at radius 1 is 1.05 bits per heavy atom. The second kappa shape index (κ2) is 4.27. The largest absolute Gasteiger partial charge is 0.385 e. The molecule has 0 fully saturated rings. The minimum absolute atomic E-state index is 0.129. The molecule has 2 aliphatic rings. The summed E-state index contributed by atoms with van der Waals surface area (Å²) in [5, 5.41) is 3.60. The first-order valence-corrected chi connectivity index (χ1v) is 7.46. The molecule has 2 aromatic rings. The molecule has 2 aromatic carbocycles. The maximum Gasteiger partial charge on any atom is 0.0712 e. The predicted octanol–water partition coefficient (Wildman–Crippen LogP) is 3.78. The summed E-state index contributed by atoms with van der Waals surface area (Å²) >= 11 is 0. The molecule has 0 radical (unpaired) electrons. The summed E-state index contributed by atoms with van der Waals surface area (Å²) in [5.41, 5.74) is 5.76. The lowest BCUT2D eigenvalue weighted by Gasteiger charge is -2.38. The van der Waals surface area contributed by atoms with Crippen LogP contribution in [0.25, 0.3) is 0 Å². The molecule has 1 atom stereocenters. The maximum absolute atomic E-state index is 3.60. The van der Waals surface area contributed by atoms with E-state index in [1.807, 2.05) is 0 Å². The molecule has 2 heterocycles. The molecule has 0 bridgehead atoms. The summed E-state index contributed by atoms with van der Waals surface area (Å²) in [6.45, 7) is 1.07. The molecular formula is C18H20N2. The zero-order chi connectivity index (χ0) is 13.6. The van der Waals surface area contributed by atoms with Gasteiger partial charge in [0, 0.05) is 37.0 Å². The lowest BCUT2D eigenvalue weighted by Crippen LogP contribution is -2.41. The van der Waals surface area contributed by atoms with Crippen molar-refractivity contribution in [2.45, 2.75) is 24.8 Å². The van der Waals surface area contributed by atoms with E-state index in [0.717, 1.165) is 13.0 Å². The van der Waals surface area contributed by atoms with E-state index in [1.165, 1.54) is 35.3 Å². The van der Waals surface area contributed by atoms with Crippen molar-refractivity contribution in [3.63, 3.8) is 0 Å². The second-order valence-corrected chi connectivity index (χ2v) is 5.97. The smallest absolute Gasteiger partial charge is 0.0712 e. The average Bonchev–Trinajstić information content (AvgIpc) is 2.66. The van der Waals surface area contributed by atoms with E-state index < -0.39 is 0 Å². The Hall–Kier alpha value is -1.96. The zero-order valence-corrected chi connectivity index (χ0v) is 11.9. The van der Waals surface area contributed by atoms with Gasteiger partial charge in [-0.1, -0.05) is 36.4 Å². The van der Waals surface area contributed by atoms with Gasteiger partial charge < -0.3 is 10.2 Å². The molecule has 0 aromatic heterocycles. The number of fused-ring (bicyclic) bond motifs is 3. The summed E-state index contributed by atoms with van der Waals surface area (Å²) in [4.78, 5) is 2.51. The summed E-state index contributed by atoms with van der Waals surface area (Å²) in [7, 11) is 2.26. The lowest BCUT2D eigenvalue weighted by atomic mass is 9.82. The molecule has 102 valence electrons. The van der Waals surface area contributed by atoms with E-state index in [-0.39, 0.29) is 5.54 Å². The molecule has 2 nitrogen and oxygen atoms in total. The first kappa shape index (κ1) is 11.8. The molecule has 1 spiro atoms. The van der Waals surface area contributed by atoms with Gasteiger partial charge in [-0.3, -0.25) is 0 Å². The van der Waals surface area contributed by atoms with E-state index in [1.54, 1.807) is 0 Å². The summed E-state index contributed by atoms with van der Waals surface area (Å²) in [6, 6.07) is 17.7. The summed E-state index contributed by atoms with van der Waals surface area (Å²) in [5.74, 6) is 0. The highest BCUT2D eigenvalue weighted by Gasteiger charge is 2.44. The molecule has 1 unspecified atom stereocenters. The van der Waals surface area contributed by atoms with Crippen molar-refractivity contribution in [3.05, 3.63) is 59.7 Å². The van der Waals surface area contributed by atoms with Crippen LogP contribution in [0, 0.1) is 0 Å². The fourth-order valence-corrected chi connectivity index (χ4v) is 3.97. The first-order valence-electron chi connectivity index (χ1n) is 7.46. The van der Waals surface area contributed by atoms with Gasteiger partial charge in [0.15, 0.2) is 0 Å². The van der Waals surface area contributed by atoms with Gasteiger partial charge in [0.25, 0.3) is 0 Å². The van der Waals surface area contributed by atoms with Crippen molar-refractivity contribution in [2.24, 2.45) is 0 Å². The van der Waals surface area contributed by atoms with Crippen molar-refractivity contribution < 1.29 is 0 Å². The number of likely N-dealkylation sites (N-methyl/N-ethyl adjacent to an activating group) is 1. The van der Waals surface area contributed by atoms with E-state index >= 15 is 0 Å². The van der Waals surface area contributed by atoms with Gasteiger partial charge >= 0.3 is 0 Å². The number of benzene rings is 2. The highest BCUT2D eigenvalue weighted by atomic mass is 15.2. The lowest BCUT2D eigenvalue weighted by molar-refractivity contribution is 0.407. The summed E-state index contributed by atoms with van der Waals surface area (Å²) < 4.78 is 0. The monoisotopic (exact) mass is 264 g/mol. The number of hydrogen-bond acceptors (Lipinski definition) is 2. The number of nitrogens with zero attached hydrogens (tertiary/aromatic N) is 1. The highest BCUT2D eigenvalue weighted by molar-refractivity contribution is 5.67. The quantitative estimate of drug-likeness (QED) is 0.779. The molecule has 0 aliphatic carbocycles. The minimum atomic E-state index is 0.129. The number of anilines is 2. The highest BCUT2D eigenvalue weighted by Crippen LogP contribution is 2.49. The Balaban J connectivity index is 1.90. The van der Waals surface area contributed by atoms with Gasteiger partial charge in [-0.15, -0.1) is 0 Å². The van der Waals surface area contributed by atoms with Crippen molar-refractivity contribution in [1.82, 2.24) is 0 Å². The Bertz CT molecular complexity index is 649. The van der Waals surface area contributed by atoms with E-state index in [0.29, 0.717) is 0 Å². The van der Waals surface area contributed by atoms with Crippen molar-refractivity contribution in [3.8, 4) is 0 Å². The number of nitrogens with one attached hydrogen (secondary N) is 1. The van der Waals surface area contributed by atoms with Gasteiger partial charge in [0.2, 0.25) is 0 Å². The third-order valence-corrected chi connectivity index (χ3v) is 4.99. The van der Waals surface area contributed by atoms with Crippen LogP contribution in [0.4, 0.5) is 11.4 Å². The molecule has 0 saturated heterocycles. The van der Waals surface area contributed by atoms with Crippen molar-refractivity contribution in [2.75, 3.05) is 23.8 Å². The van der Waals surface area contributed by atoms with Crippen LogP contribution in [0.1, 0.15) is 24.0 Å². The topological polar surface area (TPSA) is 15.3 Å². The minimum Gasteiger partial charge on any atom is -0.385 e. The molecule has 0 amide bonds. The van der Waals surface area contributed by atoms with Gasteiger partial charge in [0.05, 0.1) is 5.54 Å². The SMILES string of the molecule is CN1c2ccccc2CC12CCCNc1ccccc12. The van der Waals surface area contributed by atoms with Crippen molar-refractivity contribution >= 4 is 11.4 Å².